The van der Waals surface area contributed by atoms with E-state index in [1.807, 2.05) is 61.5 Å². The molecular weight excluding hydrogens is 444 g/mol. The Morgan fingerprint density at radius 3 is 2.49 bits per heavy atom. The Balaban J connectivity index is 1.61. The zero-order valence-electron chi connectivity index (χ0n) is 19.7. The van der Waals surface area contributed by atoms with Crippen molar-refractivity contribution in [1.82, 2.24) is 9.61 Å². The molecule has 9 nitrogen and oxygen atoms in total. The number of carbonyl (C=O) groups excluding carboxylic acids is 1. The number of nitrogens with two attached hydrogens (primary N) is 1. The standard InChI is InChI=1S/C26H26N6O3/c1-17-22(31-25(33)35-26(2,3)16-28)15-32-24(17)23(18(13-27)14-29-32)30-19-9-11-21(12-10-19)34-20-7-5-4-6-8-20/h4-12,14-15,30H,16,28H2,1-3H3,(H,31,33). The van der Waals surface area contributed by atoms with Gasteiger partial charge in [-0.25, -0.2) is 9.31 Å². The fourth-order valence-corrected chi connectivity index (χ4v) is 3.43. The monoisotopic (exact) mass is 470 g/mol. The number of carbonyl (C=O) groups is 1. The van der Waals surface area contributed by atoms with Gasteiger partial charge in [0, 0.05) is 17.8 Å². The first-order valence-corrected chi connectivity index (χ1v) is 11.0. The maximum Gasteiger partial charge on any atom is 0.412 e. The van der Waals surface area contributed by atoms with Crippen LogP contribution in [0, 0.1) is 18.3 Å². The van der Waals surface area contributed by atoms with E-state index in [1.54, 1.807) is 24.6 Å². The van der Waals surface area contributed by atoms with E-state index in [0.29, 0.717) is 28.2 Å². The summed E-state index contributed by atoms with van der Waals surface area (Å²) in [5.41, 5.74) is 8.43. The van der Waals surface area contributed by atoms with Crippen LogP contribution in [0.2, 0.25) is 0 Å². The summed E-state index contributed by atoms with van der Waals surface area (Å²) in [7, 11) is 0. The van der Waals surface area contributed by atoms with Crippen molar-refractivity contribution in [3.05, 3.63) is 78.1 Å². The van der Waals surface area contributed by atoms with Gasteiger partial charge in [-0.3, -0.25) is 5.32 Å². The average molecular weight is 471 g/mol. The number of para-hydroxylation sites is 1. The van der Waals surface area contributed by atoms with E-state index in [-0.39, 0.29) is 6.54 Å². The summed E-state index contributed by atoms with van der Waals surface area (Å²) < 4.78 is 12.8. The van der Waals surface area contributed by atoms with Crippen LogP contribution in [0.3, 0.4) is 0 Å². The summed E-state index contributed by atoms with van der Waals surface area (Å²) in [4.78, 5) is 12.4. The van der Waals surface area contributed by atoms with Gasteiger partial charge >= 0.3 is 6.09 Å². The molecule has 35 heavy (non-hydrogen) atoms. The van der Waals surface area contributed by atoms with Crippen molar-refractivity contribution in [2.24, 2.45) is 5.73 Å². The molecule has 4 aromatic rings. The van der Waals surface area contributed by atoms with E-state index in [1.165, 1.54) is 6.20 Å². The van der Waals surface area contributed by atoms with Crippen molar-refractivity contribution >= 4 is 28.7 Å². The van der Waals surface area contributed by atoms with Gasteiger partial charge in [0.2, 0.25) is 0 Å². The summed E-state index contributed by atoms with van der Waals surface area (Å²) >= 11 is 0. The molecule has 0 atom stereocenters. The summed E-state index contributed by atoms with van der Waals surface area (Å²) in [6.45, 7) is 5.49. The SMILES string of the molecule is Cc1c(NC(=O)OC(C)(C)CN)cn2ncc(C#N)c(Nc3ccc(Oc4ccccc4)cc3)c12. The molecule has 0 radical (unpaired) electrons. The number of benzene rings is 2. The second-order valence-corrected chi connectivity index (χ2v) is 8.55. The Morgan fingerprint density at radius 2 is 1.83 bits per heavy atom. The van der Waals surface area contributed by atoms with Crippen molar-refractivity contribution in [3.63, 3.8) is 0 Å². The van der Waals surface area contributed by atoms with E-state index < -0.39 is 11.7 Å². The fourth-order valence-electron chi connectivity index (χ4n) is 3.43. The zero-order valence-corrected chi connectivity index (χ0v) is 19.7. The predicted molar refractivity (Wildman–Crippen MR) is 134 cm³/mol. The number of amides is 1. The molecule has 0 unspecified atom stereocenters. The lowest BCUT2D eigenvalue weighted by atomic mass is 10.1. The van der Waals surface area contributed by atoms with Gasteiger partial charge in [-0.05, 0) is 57.2 Å². The highest BCUT2D eigenvalue weighted by Gasteiger charge is 2.23. The lowest BCUT2D eigenvalue weighted by molar-refractivity contribution is 0.0557. The zero-order chi connectivity index (χ0) is 25.0. The highest BCUT2D eigenvalue weighted by Crippen LogP contribution is 2.33. The van der Waals surface area contributed by atoms with Crippen molar-refractivity contribution in [2.45, 2.75) is 26.4 Å². The van der Waals surface area contributed by atoms with Crippen molar-refractivity contribution < 1.29 is 14.3 Å². The smallest absolute Gasteiger partial charge is 0.412 e. The molecule has 2 aromatic carbocycles. The van der Waals surface area contributed by atoms with Crippen LogP contribution in [0.15, 0.2) is 67.0 Å². The molecule has 2 aromatic heterocycles. The molecule has 0 saturated carbocycles. The minimum absolute atomic E-state index is 0.188. The Kier molecular flexibility index (Phi) is 6.57. The van der Waals surface area contributed by atoms with Crippen molar-refractivity contribution in [1.29, 1.82) is 5.26 Å². The normalized spacial score (nSPS) is 11.1. The number of anilines is 3. The number of nitriles is 1. The molecule has 4 rings (SSSR count). The minimum Gasteiger partial charge on any atom is -0.457 e. The number of nitrogens with one attached hydrogen (secondary N) is 2. The van der Waals surface area contributed by atoms with Gasteiger partial charge in [0.05, 0.1) is 34.8 Å². The molecule has 2 heterocycles. The van der Waals surface area contributed by atoms with Crippen LogP contribution >= 0.6 is 0 Å². The lowest BCUT2D eigenvalue weighted by Gasteiger charge is -2.22. The van der Waals surface area contributed by atoms with E-state index in [9.17, 15) is 10.1 Å². The number of aromatic nitrogens is 2. The minimum atomic E-state index is -0.799. The highest BCUT2D eigenvalue weighted by molar-refractivity contribution is 5.93. The number of aryl methyl sites for hydroxylation is 1. The Hall–Kier alpha value is -4.55. The molecule has 0 aliphatic rings. The molecular formula is C26H26N6O3. The van der Waals surface area contributed by atoms with Crippen LogP contribution in [-0.4, -0.2) is 27.9 Å². The topological polar surface area (TPSA) is 127 Å². The van der Waals surface area contributed by atoms with Gasteiger partial charge in [0.15, 0.2) is 0 Å². The van der Waals surface area contributed by atoms with Crippen LogP contribution in [0.4, 0.5) is 21.9 Å². The highest BCUT2D eigenvalue weighted by atomic mass is 16.6. The van der Waals surface area contributed by atoms with Gasteiger partial charge < -0.3 is 20.5 Å². The first kappa shape index (κ1) is 23.6. The number of nitrogens with zero attached hydrogens (tertiary/aromatic N) is 3. The van der Waals surface area contributed by atoms with Gasteiger partial charge in [0.25, 0.3) is 0 Å². The quantitative estimate of drug-likeness (QED) is 0.333. The summed E-state index contributed by atoms with van der Waals surface area (Å²) in [6, 6.07) is 19.1. The third-order valence-corrected chi connectivity index (χ3v) is 5.38. The largest absolute Gasteiger partial charge is 0.457 e. The number of rotatable bonds is 7. The summed E-state index contributed by atoms with van der Waals surface area (Å²) in [5, 5.41) is 20.1. The molecule has 1 amide bonds. The lowest BCUT2D eigenvalue weighted by Crippen LogP contribution is -2.37. The van der Waals surface area contributed by atoms with Crippen LogP contribution in [0.1, 0.15) is 25.0 Å². The van der Waals surface area contributed by atoms with Gasteiger partial charge in [-0.2, -0.15) is 10.4 Å². The van der Waals surface area contributed by atoms with Gasteiger partial charge in [0.1, 0.15) is 23.2 Å². The maximum absolute atomic E-state index is 12.4. The van der Waals surface area contributed by atoms with Crippen molar-refractivity contribution in [2.75, 3.05) is 17.2 Å². The molecule has 0 aliphatic carbocycles. The number of fused-ring (bicyclic) bond motifs is 1. The second-order valence-electron chi connectivity index (χ2n) is 8.55. The number of hydrogen-bond acceptors (Lipinski definition) is 7. The molecule has 0 spiro atoms. The molecule has 0 fully saturated rings. The molecule has 0 bridgehead atoms. The first-order chi connectivity index (χ1) is 16.8. The van der Waals surface area contributed by atoms with Crippen LogP contribution in [0.25, 0.3) is 5.52 Å². The Bertz CT molecular complexity index is 1390. The van der Waals surface area contributed by atoms with Crippen molar-refractivity contribution in [3.8, 4) is 17.6 Å². The maximum atomic E-state index is 12.4. The fraction of sp³-hybridized carbons (Fsp3) is 0.192. The third-order valence-electron chi connectivity index (χ3n) is 5.38. The van der Waals surface area contributed by atoms with E-state index in [0.717, 1.165) is 17.0 Å². The van der Waals surface area contributed by atoms with Gasteiger partial charge in [-0.15, -0.1) is 0 Å². The predicted octanol–water partition coefficient (Wildman–Crippen LogP) is 5.34. The van der Waals surface area contributed by atoms with E-state index >= 15 is 0 Å². The van der Waals surface area contributed by atoms with Crippen LogP contribution in [0.5, 0.6) is 11.5 Å². The van der Waals surface area contributed by atoms with E-state index in [4.69, 9.17) is 15.2 Å². The van der Waals surface area contributed by atoms with E-state index in [2.05, 4.69) is 21.8 Å². The molecule has 0 aliphatic heterocycles. The van der Waals surface area contributed by atoms with Gasteiger partial charge in [-0.1, -0.05) is 18.2 Å². The molecule has 4 N–H and O–H groups in total. The third kappa shape index (κ3) is 5.34. The first-order valence-electron chi connectivity index (χ1n) is 11.0. The molecule has 178 valence electrons. The molecule has 0 saturated heterocycles. The van der Waals surface area contributed by atoms with Crippen LogP contribution < -0.4 is 21.1 Å². The molecule has 9 heteroatoms. The average Bonchev–Trinajstić information content (AvgIpc) is 3.16. The number of hydrogen-bond donors (Lipinski definition) is 3. The Labute approximate surface area is 203 Å². The number of ether oxygens (including phenoxy) is 2. The van der Waals surface area contributed by atoms with Crippen LogP contribution in [-0.2, 0) is 4.74 Å². The second kappa shape index (κ2) is 9.75. The Morgan fingerprint density at radius 1 is 1.14 bits per heavy atom. The summed E-state index contributed by atoms with van der Waals surface area (Å²) in [5.74, 6) is 1.43. The summed E-state index contributed by atoms with van der Waals surface area (Å²) in [6.07, 6.45) is 2.52.